The lowest BCUT2D eigenvalue weighted by atomic mass is 10.00. The van der Waals surface area contributed by atoms with E-state index in [-0.39, 0.29) is 12.1 Å². The molecule has 2 N–H and O–H groups in total. The second-order valence-corrected chi connectivity index (χ2v) is 6.48. The van der Waals surface area contributed by atoms with Crippen molar-refractivity contribution in [1.29, 1.82) is 0 Å². The molecule has 0 saturated carbocycles. The van der Waals surface area contributed by atoms with Gasteiger partial charge in [0.1, 0.15) is 0 Å². The van der Waals surface area contributed by atoms with Crippen LogP contribution in [0.2, 0.25) is 0 Å². The molecule has 0 bridgehead atoms. The van der Waals surface area contributed by atoms with Crippen molar-refractivity contribution in [2.24, 2.45) is 0 Å². The molecule has 122 valence electrons. The van der Waals surface area contributed by atoms with E-state index in [0.29, 0.717) is 6.54 Å². The van der Waals surface area contributed by atoms with E-state index in [1.165, 1.54) is 10.4 Å². The molecule has 24 heavy (non-hydrogen) atoms. The highest BCUT2D eigenvalue weighted by molar-refractivity contribution is 7.10. The smallest absolute Gasteiger partial charge is 0.315 e. The SMILES string of the molecule is Cc1ccsc1CNC(=O)N[C@@H](c1ccccc1)c1ccncc1. The quantitative estimate of drug-likeness (QED) is 0.738. The Morgan fingerprint density at radius 2 is 1.79 bits per heavy atom. The lowest BCUT2D eigenvalue weighted by Gasteiger charge is -2.20. The van der Waals surface area contributed by atoms with E-state index in [0.717, 1.165) is 11.1 Å². The Morgan fingerprint density at radius 1 is 1.08 bits per heavy atom. The maximum absolute atomic E-state index is 12.4. The molecule has 0 aliphatic heterocycles. The molecule has 2 amide bonds. The molecule has 3 rings (SSSR count). The minimum Gasteiger partial charge on any atom is -0.333 e. The summed E-state index contributed by atoms with van der Waals surface area (Å²) in [6, 6.07) is 15.4. The Bertz CT molecular complexity index is 747. The van der Waals surface area contributed by atoms with Gasteiger partial charge in [0, 0.05) is 17.3 Å². The minimum absolute atomic E-state index is 0.187. The number of hydrogen-bond donors (Lipinski definition) is 2. The number of thiophene rings is 1. The van der Waals surface area contributed by atoms with Crippen LogP contribution in [0.1, 0.15) is 27.6 Å². The Balaban J connectivity index is 1.72. The summed E-state index contributed by atoms with van der Waals surface area (Å²) in [5.74, 6) is 0. The first-order chi connectivity index (χ1) is 11.7. The number of benzene rings is 1. The summed E-state index contributed by atoms with van der Waals surface area (Å²) in [6.07, 6.45) is 3.47. The third-order valence-corrected chi connectivity index (χ3v) is 4.85. The van der Waals surface area contributed by atoms with Crippen molar-refractivity contribution in [2.45, 2.75) is 19.5 Å². The largest absolute Gasteiger partial charge is 0.333 e. The molecule has 2 aromatic heterocycles. The molecule has 2 heterocycles. The van der Waals surface area contributed by atoms with E-state index in [2.05, 4.69) is 28.6 Å². The zero-order valence-corrected chi connectivity index (χ0v) is 14.2. The number of nitrogens with one attached hydrogen (secondary N) is 2. The average molecular weight is 337 g/mol. The zero-order chi connectivity index (χ0) is 16.8. The predicted octanol–water partition coefficient (Wildman–Crippen LogP) is 4.04. The van der Waals surface area contributed by atoms with Crippen LogP contribution < -0.4 is 10.6 Å². The molecule has 1 atom stereocenters. The number of hydrogen-bond acceptors (Lipinski definition) is 3. The molecule has 0 aliphatic rings. The number of nitrogens with zero attached hydrogens (tertiary/aromatic N) is 1. The van der Waals surface area contributed by atoms with E-state index < -0.39 is 0 Å². The number of rotatable bonds is 5. The number of aryl methyl sites for hydroxylation is 1. The van der Waals surface area contributed by atoms with Gasteiger partial charge in [-0.3, -0.25) is 4.98 Å². The van der Waals surface area contributed by atoms with Gasteiger partial charge in [-0.15, -0.1) is 11.3 Å². The normalized spacial score (nSPS) is 11.7. The fourth-order valence-corrected chi connectivity index (χ4v) is 3.33. The van der Waals surface area contributed by atoms with Crippen molar-refractivity contribution in [3.63, 3.8) is 0 Å². The molecule has 0 spiro atoms. The van der Waals surface area contributed by atoms with Crippen molar-refractivity contribution < 1.29 is 4.79 Å². The predicted molar refractivity (Wildman–Crippen MR) is 96.9 cm³/mol. The molecular weight excluding hydrogens is 318 g/mol. The summed E-state index contributed by atoms with van der Waals surface area (Å²) in [6.45, 7) is 2.59. The number of pyridine rings is 1. The van der Waals surface area contributed by atoms with Gasteiger partial charge < -0.3 is 10.6 Å². The molecule has 5 heteroatoms. The maximum Gasteiger partial charge on any atom is 0.315 e. The third kappa shape index (κ3) is 4.00. The highest BCUT2D eigenvalue weighted by Gasteiger charge is 2.16. The van der Waals surface area contributed by atoms with Crippen LogP contribution in [0, 0.1) is 6.92 Å². The van der Waals surface area contributed by atoms with Gasteiger partial charge in [-0.25, -0.2) is 4.79 Å². The van der Waals surface area contributed by atoms with Crippen molar-refractivity contribution >= 4 is 17.4 Å². The minimum atomic E-state index is -0.210. The molecule has 4 nitrogen and oxygen atoms in total. The molecular formula is C19H19N3OS. The van der Waals surface area contributed by atoms with E-state index in [1.54, 1.807) is 23.7 Å². The first kappa shape index (κ1) is 16.2. The highest BCUT2D eigenvalue weighted by Crippen LogP contribution is 2.21. The molecule has 0 radical (unpaired) electrons. The summed E-state index contributed by atoms with van der Waals surface area (Å²) >= 11 is 1.65. The second-order valence-electron chi connectivity index (χ2n) is 5.48. The van der Waals surface area contributed by atoms with Crippen LogP contribution in [0.25, 0.3) is 0 Å². The topological polar surface area (TPSA) is 54.0 Å². The van der Waals surface area contributed by atoms with Crippen molar-refractivity contribution in [1.82, 2.24) is 15.6 Å². The standard InChI is InChI=1S/C19H19N3OS/c1-14-9-12-24-17(14)13-21-19(23)22-18(15-5-3-2-4-6-15)16-7-10-20-11-8-16/h2-12,18H,13H2,1H3,(H2,21,22,23)/t18-/m0/s1. The van der Waals surface area contributed by atoms with Gasteiger partial charge in [-0.05, 0) is 47.2 Å². The molecule has 3 aromatic rings. The lowest BCUT2D eigenvalue weighted by Crippen LogP contribution is -2.38. The Morgan fingerprint density at radius 3 is 2.46 bits per heavy atom. The van der Waals surface area contributed by atoms with Gasteiger partial charge in [0.2, 0.25) is 0 Å². The van der Waals surface area contributed by atoms with Crippen LogP contribution in [-0.2, 0) is 6.54 Å². The fourth-order valence-electron chi connectivity index (χ4n) is 2.49. The molecule has 0 saturated heterocycles. The van der Waals surface area contributed by atoms with Gasteiger partial charge in [0.25, 0.3) is 0 Å². The summed E-state index contributed by atoms with van der Waals surface area (Å²) in [4.78, 5) is 17.6. The van der Waals surface area contributed by atoms with E-state index in [9.17, 15) is 4.79 Å². The molecule has 1 aromatic carbocycles. The van der Waals surface area contributed by atoms with Gasteiger partial charge in [0.15, 0.2) is 0 Å². The third-order valence-electron chi connectivity index (χ3n) is 3.83. The van der Waals surface area contributed by atoms with E-state index in [4.69, 9.17) is 0 Å². The number of urea groups is 1. The first-order valence-corrected chi connectivity index (χ1v) is 8.64. The second kappa shape index (κ2) is 7.75. The first-order valence-electron chi connectivity index (χ1n) is 7.76. The van der Waals surface area contributed by atoms with Gasteiger partial charge in [-0.1, -0.05) is 30.3 Å². The number of amides is 2. The van der Waals surface area contributed by atoms with Crippen LogP contribution in [0.3, 0.4) is 0 Å². The average Bonchev–Trinajstić information content (AvgIpc) is 3.04. The Labute approximate surface area is 145 Å². The van der Waals surface area contributed by atoms with Crippen LogP contribution in [0.5, 0.6) is 0 Å². The fraction of sp³-hybridized carbons (Fsp3) is 0.158. The van der Waals surface area contributed by atoms with Gasteiger partial charge in [0.05, 0.1) is 12.6 Å². The van der Waals surface area contributed by atoms with Crippen LogP contribution in [0.4, 0.5) is 4.79 Å². The molecule has 0 fully saturated rings. The van der Waals surface area contributed by atoms with Crippen molar-refractivity contribution in [2.75, 3.05) is 0 Å². The molecule has 0 aliphatic carbocycles. The molecule has 0 unspecified atom stereocenters. The summed E-state index contributed by atoms with van der Waals surface area (Å²) in [5, 5.41) is 8.03. The van der Waals surface area contributed by atoms with Crippen molar-refractivity contribution in [3.8, 4) is 0 Å². The lowest BCUT2D eigenvalue weighted by molar-refractivity contribution is 0.238. The summed E-state index contributed by atoms with van der Waals surface area (Å²) in [7, 11) is 0. The highest BCUT2D eigenvalue weighted by atomic mass is 32.1. The van der Waals surface area contributed by atoms with Crippen molar-refractivity contribution in [3.05, 3.63) is 87.9 Å². The maximum atomic E-state index is 12.4. The zero-order valence-electron chi connectivity index (χ0n) is 13.4. The summed E-state index contributed by atoms with van der Waals surface area (Å²) in [5.41, 5.74) is 3.24. The number of aromatic nitrogens is 1. The monoisotopic (exact) mass is 337 g/mol. The number of carbonyl (C=O) groups excluding carboxylic acids is 1. The number of carbonyl (C=O) groups is 1. The van der Waals surface area contributed by atoms with Crippen LogP contribution >= 0.6 is 11.3 Å². The van der Waals surface area contributed by atoms with E-state index >= 15 is 0 Å². The van der Waals surface area contributed by atoms with E-state index in [1.807, 2.05) is 47.8 Å². The van der Waals surface area contributed by atoms with Crippen LogP contribution in [0.15, 0.2) is 66.3 Å². The summed E-state index contributed by atoms with van der Waals surface area (Å²) < 4.78 is 0. The van der Waals surface area contributed by atoms with Gasteiger partial charge in [-0.2, -0.15) is 0 Å². The van der Waals surface area contributed by atoms with Gasteiger partial charge >= 0.3 is 6.03 Å². The van der Waals surface area contributed by atoms with Crippen LogP contribution in [-0.4, -0.2) is 11.0 Å². The Hall–Kier alpha value is -2.66. The Kier molecular flexibility index (Phi) is 5.23.